The van der Waals surface area contributed by atoms with E-state index in [-0.39, 0.29) is 0 Å². The first-order chi connectivity index (χ1) is 9.15. The molecule has 0 radical (unpaired) electrons. The van der Waals surface area contributed by atoms with Crippen LogP contribution in [0.2, 0.25) is 0 Å². The summed E-state index contributed by atoms with van der Waals surface area (Å²) in [5.74, 6) is 2.51. The predicted molar refractivity (Wildman–Crippen MR) is 79.2 cm³/mol. The lowest BCUT2D eigenvalue weighted by molar-refractivity contribution is 0.321. The molecule has 106 valence electrons. The van der Waals surface area contributed by atoms with Crippen LogP contribution in [0.25, 0.3) is 0 Å². The summed E-state index contributed by atoms with van der Waals surface area (Å²) in [6.45, 7) is 7.34. The number of hydrogen-bond donors (Lipinski definition) is 1. The summed E-state index contributed by atoms with van der Waals surface area (Å²) >= 11 is 0. The minimum absolute atomic E-state index is 0.667. The molecule has 0 bridgehead atoms. The maximum absolute atomic E-state index is 4.51. The average molecular weight is 262 g/mol. The molecule has 19 heavy (non-hydrogen) atoms. The van der Waals surface area contributed by atoms with Gasteiger partial charge in [0, 0.05) is 20.1 Å². The Morgan fingerprint density at radius 3 is 2.63 bits per heavy atom. The fourth-order valence-corrected chi connectivity index (χ4v) is 2.28. The molecule has 1 saturated carbocycles. The van der Waals surface area contributed by atoms with Crippen molar-refractivity contribution in [2.75, 3.05) is 25.0 Å². The molecule has 1 fully saturated rings. The fourth-order valence-electron chi connectivity index (χ4n) is 2.28. The van der Waals surface area contributed by atoms with Gasteiger partial charge in [0.05, 0.1) is 18.1 Å². The molecule has 1 N–H and O–H groups in total. The molecule has 1 aromatic heterocycles. The molecule has 0 spiro atoms. The van der Waals surface area contributed by atoms with E-state index in [0.29, 0.717) is 5.92 Å². The van der Waals surface area contributed by atoms with E-state index in [9.17, 15) is 0 Å². The van der Waals surface area contributed by atoms with Crippen molar-refractivity contribution < 1.29 is 0 Å². The topological polar surface area (TPSA) is 41.1 Å². The quantitative estimate of drug-likeness (QED) is 0.819. The van der Waals surface area contributed by atoms with Crippen molar-refractivity contribution in [3.05, 3.63) is 18.1 Å². The van der Waals surface area contributed by atoms with Gasteiger partial charge in [0.15, 0.2) is 0 Å². The Labute approximate surface area is 116 Å². The van der Waals surface area contributed by atoms with E-state index in [2.05, 4.69) is 41.1 Å². The van der Waals surface area contributed by atoms with E-state index < -0.39 is 0 Å². The van der Waals surface area contributed by atoms with Crippen LogP contribution in [0, 0.1) is 11.8 Å². The normalized spacial score (nSPS) is 15.6. The van der Waals surface area contributed by atoms with Gasteiger partial charge in [-0.1, -0.05) is 20.3 Å². The first-order valence-corrected chi connectivity index (χ1v) is 7.38. The number of nitrogens with zero attached hydrogens (tertiary/aromatic N) is 3. The second-order valence-electron chi connectivity index (χ2n) is 6.07. The molecule has 0 atom stereocenters. The van der Waals surface area contributed by atoms with Crippen LogP contribution in [-0.2, 0) is 6.54 Å². The molecule has 1 aromatic rings. The molecular weight excluding hydrogens is 236 g/mol. The molecule has 0 aromatic carbocycles. The van der Waals surface area contributed by atoms with E-state index in [1.165, 1.54) is 19.3 Å². The number of anilines is 1. The second kappa shape index (κ2) is 6.85. The highest BCUT2D eigenvalue weighted by atomic mass is 15.2. The summed E-state index contributed by atoms with van der Waals surface area (Å²) in [6, 6.07) is 0. The lowest BCUT2D eigenvalue weighted by Crippen LogP contribution is -2.30. The highest BCUT2D eigenvalue weighted by molar-refractivity contribution is 5.34. The van der Waals surface area contributed by atoms with E-state index in [1.807, 2.05) is 12.4 Å². The molecule has 0 aliphatic heterocycles. The lowest BCUT2D eigenvalue weighted by atomic mass is 9.85. The molecule has 4 heteroatoms. The molecule has 1 heterocycles. The largest absolute Gasteiger partial charge is 0.358 e. The molecule has 0 saturated heterocycles. The Bertz CT molecular complexity index is 370. The highest BCUT2D eigenvalue weighted by Gasteiger charge is 2.19. The van der Waals surface area contributed by atoms with Crippen molar-refractivity contribution >= 4 is 5.82 Å². The summed E-state index contributed by atoms with van der Waals surface area (Å²) in [6.07, 6.45) is 7.92. The zero-order valence-electron chi connectivity index (χ0n) is 12.4. The van der Waals surface area contributed by atoms with Gasteiger partial charge >= 0.3 is 0 Å². The van der Waals surface area contributed by atoms with Crippen molar-refractivity contribution in [1.82, 2.24) is 15.3 Å². The molecule has 2 rings (SSSR count). The van der Waals surface area contributed by atoms with Gasteiger partial charge in [-0.2, -0.15) is 0 Å². The minimum atomic E-state index is 0.667. The Kier molecular flexibility index (Phi) is 5.14. The van der Waals surface area contributed by atoms with E-state index in [0.717, 1.165) is 37.1 Å². The van der Waals surface area contributed by atoms with Gasteiger partial charge in [-0.05, 0) is 31.2 Å². The summed E-state index contributed by atoms with van der Waals surface area (Å²) in [7, 11) is 2.11. The van der Waals surface area contributed by atoms with Gasteiger partial charge in [0.1, 0.15) is 5.82 Å². The Balaban J connectivity index is 1.79. The minimum Gasteiger partial charge on any atom is -0.358 e. The lowest BCUT2D eigenvalue weighted by Gasteiger charge is -2.30. The van der Waals surface area contributed by atoms with Crippen molar-refractivity contribution in [1.29, 1.82) is 0 Å². The first-order valence-electron chi connectivity index (χ1n) is 7.38. The smallest absolute Gasteiger partial charge is 0.146 e. The van der Waals surface area contributed by atoms with E-state index in [4.69, 9.17) is 0 Å². The molecule has 1 aliphatic carbocycles. The summed E-state index contributed by atoms with van der Waals surface area (Å²) in [5.41, 5.74) is 1.02. The SMILES string of the molecule is CC(C)CNCc1cnc(N(C)CC2CCC2)cn1. The summed E-state index contributed by atoms with van der Waals surface area (Å²) < 4.78 is 0. The maximum Gasteiger partial charge on any atom is 0.146 e. The van der Waals surface area contributed by atoms with Crippen LogP contribution in [0.3, 0.4) is 0 Å². The first kappa shape index (κ1) is 14.3. The van der Waals surface area contributed by atoms with E-state index in [1.54, 1.807) is 0 Å². The van der Waals surface area contributed by atoms with Gasteiger partial charge in [-0.15, -0.1) is 0 Å². The molecule has 0 unspecified atom stereocenters. The van der Waals surface area contributed by atoms with Crippen LogP contribution < -0.4 is 10.2 Å². The number of rotatable bonds is 7. The molecule has 1 aliphatic rings. The second-order valence-corrected chi connectivity index (χ2v) is 6.07. The zero-order chi connectivity index (χ0) is 13.7. The standard InChI is InChI=1S/C15H26N4/c1-12(2)7-16-8-14-9-18-15(10-17-14)19(3)11-13-5-4-6-13/h9-10,12-13,16H,4-8,11H2,1-3H3. The van der Waals surface area contributed by atoms with E-state index >= 15 is 0 Å². The van der Waals surface area contributed by atoms with Crippen LogP contribution >= 0.6 is 0 Å². The summed E-state index contributed by atoms with van der Waals surface area (Å²) in [5, 5.41) is 3.38. The zero-order valence-corrected chi connectivity index (χ0v) is 12.4. The molecular formula is C15H26N4. The van der Waals surface area contributed by atoms with Crippen LogP contribution in [0.4, 0.5) is 5.82 Å². The van der Waals surface area contributed by atoms with Gasteiger partial charge in [-0.25, -0.2) is 4.98 Å². The van der Waals surface area contributed by atoms with Crippen LogP contribution in [0.15, 0.2) is 12.4 Å². The number of hydrogen-bond acceptors (Lipinski definition) is 4. The Hall–Kier alpha value is -1.16. The van der Waals surface area contributed by atoms with Gasteiger partial charge < -0.3 is 10.2 Å². The third-order valence-electron chi connectivity index (χ3n) is 3.70. The van der Waals surface area contributed by atoms with Crippen molar-refractivity contribution in [3.8, 4) is 0 Å². The Morgan fingerprint density at radius 1 is 1.32 bits per heavy atom. The average Bonchev–Trinajstić information content (AvgIpc) is 2.34. The third kappa shape index (κ3) is 4.46. The highest BCUT2D eigenvalue weighted by Crippen LogP contribution is 2.27. The molecule has 4 nitrogen and oxygen atoms in total. The van der Waals surface area contributed by atoms with Crippen molar-refractivity contribution in [2.45, 2.75) is 39.7 Å². The summed E-state index contributed by atoms with van der Waals surface area (Å²) in [4.78, 5) is 11.2. The molecule has 0 amide bonds. The number of nitrogens with one attached hydrogen (secondary N) is 1. The van der Waals surface area contributed by atoms with Crippen LogP contribution in [-0.4, -0.2) is 30.1 Å². The Morgan fingerprint density at radius 2 is 2.11 bits per heavy atom. The van der Waals surface area contributed by atoms with Crippen LogP contribution in [0.5, 0.6) is 0 Å². The monoisotopic (exact) mass is 262 g/mol. The van der Waals surface area contributed by atoms with Gasteiger partial charge in [-0.3, -0.25) is 4.98 Å². The van der Waals surface area contributed by atoms with Crippen molar-refractivity contribution in [2.24, 2.45) is 11.8 Å². The van der Waals surface area contributed by atoms with Gasteiger partial charge in [0.25, 0.3) is 0 Å². The maximum atomic E-state index is 4.51. The van der Waals surface area contributed by atoms with Gasteiger partial charge in [0.2, 0.25) is 0 Å². The third-order valence-corrected chi connectivity index (χ3v) is 3.70. The van der Waals surface area contributed by atoms with Crippen LogP contribution in [0.1, 0.15) is 38.8 Å². The fraction of sp³-hybridized carbons (Fsp3) is 0.733. The van der Waals surface area contributed by atoms with Crippen molar-refractivity contribution in [3.63, 3.8) is 0 Å². The predicted octanol–water partition coefficient (Wildman–Crippen LogP) is 2.46. The number of aromatic nitrogens is 2.